The number of aromatic nitrogens is 2. The van der Waals surface area contributed by atoms with E-state index in [1.807, 2.05) is 0 Å². The molecule has 118 valence electrons. The van der Waals surface area contributed by atoms with Gasteiger partial charge in [0.05, 0.1) is 24.5 Å². The standard InChI is InChI=1S/C15H18FN3O3/c1-22-13(20)5-3-2-4-6-17-15(21)11-7-10(16)8-12-14(11)19-9-18-12/h7-9H,2-6H2,1H3,(H,17,21)(H,18,19). The van der Waals surface area contributed by atoms with Crippen molar-refractivity contribution in [2.45, 2.75) is 25.7 Å². The number of benzene rings is 1. The van der Waals surface area contributed by atoms with Gasteiger partial charge in [-0.1, -0.05) is 6.42 Å². The van der Waals surface area contributed by atoms with Gasteiger partial charge in [-0.3, -0.25) is 9.59 Å². The maximum absolute atomic E-state index is 13.5. The third-order valence-corrected chi connectivity index (χ3v) is 3.30. The molecular formula is C15H18FN3O3. The second-order valence-electron chi connectivity index (χ2n) is 4.89. The zero-order valence-electron chi connectivity index (χ0n) is 12.3. The van der Waals surface area contributed by atoms with E-state index in [9.17, 15) is 14.0 Å². The minimum atomic E-state index is -0.486. The highest BCUT2D eigenvalue weighted by Crippen LogP contribution is 2.17. The van der Waals surface area contributed by atoms with Crippen molar-refractivity contribution in [2.75, 3.05) is 13.7 Å². The molecule has 1 amide bonds. The lowest BCUT2D eigenvalue weighted by Crippen LogP contribution is -2.24. The Balaban J connectivity index is 1.82. The summed E-state index contributed by atoms with van der Waals surface area (Å²) in [5.41, 5.74) is 1.15. The molecule has 0 unspecified atom stereocenters. The maximum atomic E-state index is 13.5. The number of unbranched alkanes of at least 4 members (excludes halogenated alkanes) is 2. The second kappa shape index (κ2) is 7.53. The van der Waals surface area contributed by atoms with Crippen LogP contribution in [0.25, 0.3) is 11.0 Å². The Bertz CT molecular complexity index is 669. The molecule has 0 fully saturated rings. The van der Waals surface area contributed by atoms with Crippen molar-refractivity contribution in [1.82, 2.24) is 15.3 Å². The van der Waals surface area contributed by atoms with Crippen LogP contribution in [-0.4, -0.2) is 35.5 Å². The van der Waals surface area contributed by atoms with Crippen LogP contribution in [0.3, 0.4) is 0 Å². The van der Waals surface area contributed by atoms with E-state index in [4.69, 9.17) is 0 Å². The van der Waals surface area contributed by atoms with Gasteiger partial charge in [-0.2, -0.15) is 0 Å². The van der Waals surface area contributed by atoms with Crippen molar-refractivity contribution in [3.05, 3.63) is 29.8 Å². The summed E-state index contributed by atoms with van der Waals surface area (Å²) in [6.07, 6.45) is 4.06. The van der Waals surface area contributed by atoms with Gasteiger partial charge in [-0.25, -0.2) is 9.37 Å². The van der Waals surface area contributed by atoms with Gasteiger partial charge >= 0.3 is 5.97 Å². The number of hydrogen-bond donors (Lipinski definition) is 2. The number of rotatable bonds is 7. The Hall–Kier alpha value is -2.44. The summed E-state index contributed by atoms with van der Waals surface area (Å²) in [6.45, 7) is 0.461. The highest BCUT2D eigenvalue weighted by atomic mass is 19.1. The summed E-state index contributed by atoms with van der Waals surface area (Å²) in [5.74, 6) is -1.07. The molecule has 0 aliphatic rings. The molecule has 0 bridgehead atoms. The van der Waals surface area contributed by atoms with Gasteiger partial charge in [0.2, 0.25) is 0 Å². The summed E-state index contributed by atoms with van der Waals surface area (Å²) in [4.78, 5) is 29.8. The lowest BCUT2D eigenvalue weighted by Gasteiger charge is -2.06. The Kier molecular flexibility index (Phi) is 5.46. The van der Waals surface area contributed by atoms with Crippen LogP contribution >= 0.6 is 0 Å². The highest BCUT2D eigenvalue weighted by Gasteiger charge is 2.13. The fourth-order valence-electron chi connectivity index (χ4n) is 2.16. The average molecular weight is 307 g/mol. The van der Waals surface area contributed by atoms with E-state index in [0.717, 1.165) is 12.8 Å². The molecule has 2 aromatic rings. The van der Waals surface area contributed by atoms with Crippen LogP contribution in [0.2, 0.25) is 0 Å². The van der Waals surface area contributed by atoms with Crippen molar-refractivity contribution >= 4 is 22.9 Å². The number of methoxy groups -OCH3 is 1. The van der Waals surface area contributed by atoms with E-state index in [-0.39, 0.29) is 17.4 Å². The average Bonchev–Trinajstić information content (AvgIpc) is 2.97. The van der Waals surface area contributed by atoms with E-state index in [0.29, 0.717) is 30.4 Å². The zero-order chi connectivity index (χ0) is 15.9. The molecule has 0 aliphatic heterocycles. The van der Waals surface area contributed by atoms with Gasteiger partial charge in [0, 0.05) is 13.0 Å². The second-order valence-corrected chi connectivity index (χ2v) is 4.89. The van der Waals surface area contributed by atoms with Crippen molar-refractivity contribution in [2.24, 2.45) is 0 Å². The Morgan fingerprint density at radius 1 is 1.32 bits per heavy atom. The lowest BCUT2D eigenvalue weighted by atomic mass is 10.1. The van der Waals surface area contributed by atoms with Gasteiger partial charge < -0.3 is 15.0 Å². The van der Waals surface area contributed by atoms with Crippen LogP contribution in [0.1, 0.15) is 36.0 Å². The van der Waals surface area contributed by atoms with Gasteiger partial charge in [0.15, 0.2) is 0 Å². The molecule has 6 nitrogen and oxygen atoms in total. The number of hydrogen-bond acceptors (Lipinski definition) is 4. The predicted molar refractivity (Wildman–Crippen MR) is 78.9 cm³/mol. The fourth-order valence-corrected chi connectivity index (χ4v) is 2.16. The number of halogens is 1. The van der Waals surface area contributed by atoms with Crippen molar-refractivity contribution < 1.29 is 18.7 Å². The number of carbonyl (C=O) groups excluding carboxylic acids is 2. The van der Waals surface area contributed by atoms with Crippen LogP contribution in [0.5, 0.6) is 0 Å². The topological polar surface area (TPSA) is 84.1 Å². The molecule has 7 heteroatoms. The van der Waals surface area contributed by atoms with E-state index < -0.39 is 5.82 Å². The first-order valence-corrected chi connectivity index (χ1v) is 7.09. The summed E-state index contributed by atoms with van der Waals surface area (Å²) < 4.78 is 18.0. The number of H-pyrrole nitrogens is 1. The number of nitrogens with zero attached hydrogens (tertiary/aromatic N) is 1. The molecule has 0 spiro atoms. The van der Waals surface area contributed by atoms with Gasteiger partial charge in [-0.05, 0) is 25.0 Å². The van der Waals surface area contributed by atoms with E-state index in [1.165, 1.54) is 25.6 Å². The summed E-state index contributed by atoms with van der Waals surface area (Å²) >= 11 is 0. The smallest absolute Gasteiger partial charge is 0.305 e. The molecule has 0 atom stereocenters. The molecular weight excluding hydrogens is 289 g/mol. The molecule has 0 saturated carbocycles. The van der Waals surface area contributed by atoms with E-state index >= 15 is 0 Å². The SMILES string of the molecule is COC(=O)CCCCCNC(=O)c1cc(F)cc2[nH]cnc12. The molecule has 0 radical (unpaired) electrons. The molecule has 1 aromatic carbocycles. The number of imidazole rings is 1. The Morgan fingerprint density at radius 3 is 2.91 bits per heavy atom. The Morgan fingerprint density at radius 2 is 2.14 bits per heavy atom. The molecule has 0 aliphatic carbocycles. The van der Waals surface area contributed by atoms with Gasteiger partial charge in [0.25, 0.3) is 5.91 Å². The minimum Gasteiger partial charge on any atom is -0.469 e. The summed E-state index contributed by atoms with van der Waals surface area (Å²) in [5, 5.41) is 2.73. The molecule has 0 saturated heterocycles. The molecule has 2 rings (SSSR count). The summed E-state index contributed by atoms with van der Waals surface area (Å²) in [6, 6.07) is 2.47. The minimum absolute atomic E-state index is 0.214. The van der Waals surface area contributed by atoms with Crippen LogP contribution in [0.4, 0.5) is 4.39 Å². The number of carbonyl (C=O) groups is 2. The van der Waals surface area contributed by atoms with Crippen molar-refractivity contribution in [3.63, 3.8) is 0 Å². The first-order valence-electron chi connectivity index (χ1n) is 7.09. The predicted octanol–water partition coefficient (Wildman–Crippen LogP) is 2.17. The van der Waals surface area contributed by atoms with Crippen LogP contribution in [0.15, 0.2) is 18.5 Å². The van der Waals surface area contributed by atoms with Crippen molar-refractivity contribution in [1.29, 1.82) is 0 Å². The number of ether oxygens (including phenoxy) is 1. The number of aromatic amines is 1. The first-order chi connectivity index (χ1) is 10.6. The number of esters is 1. The summed E-state index contributed by atoms with van der Waals surface area (Å²) in [7, 11) is 1.36. The quantitative estimate of drug-likeness (QED) is 0.606. The van der Waals surface area contributed by atoms with E-state index in [1.54, 1.807) is 0 Å². The molecule has 1 aromatic heterocycles. The lowest BCUT2D eigenvalue weighted by molar-refractivity contribution is -0.140. The zero-order valence-corrected chi connectivity index (χ0v) is 12.3. The monoisotopic (exact) mass is 307 g/mol. The fraction of sp³-hybridized carbons (Fsp3) is 0.400. The number of fused-ring (bicyclic) bond motifs is 1. The number of amides is 1. The Labute approximate surface area is 127 Å². The van der Waals surface area contributed by atoms with Gasteiger partial charge in [0.1, 0.15) is 11.3 Å². The van der Waals surface area contributed by atoms with Gasteiger partial charge in [-0.15, -0.1) is 0 Å². The third-order valence-electron chi connectivity index (χ3n) is 3.30. The maximum Gasteiger partial charge on any atom is 0.305 e. The van der Waals surface area contributed by atoms with Crippen molar-refractivity contribution in [3.8, 4) is 0 Å². The van der Waals surface area contributed by atoms with Crippen LogP contribution in [-0.2, 0) is 9.53 Å². The largest absolute Gasteiger partial charge is 0.469 e. The first kappa shape index (κ1) is 15.9. The third kappa shape index (κ3) is 4.03. The van der Waals surface area contributed by atoms with E-state index in [2.05, 4.69) is 20.0 Å². The molecule has 1 heterocycles. The molecule has 22 heavy (non-hydrogen) atoms. The van der Waals surface area contributed by atoms with Crippen LogP contribution in [0, 0.1) is 5.82 Å². The highest BCUT2D eigenvalue weighted by molar-refractivity contribution is 6.04. The van der Waals surface area contributed by atoms with Crippen LogP contribution < -0.4 is 5.32 Å². The number of nitrogens with one attached hydrogen (secondary N) is 2. The molecule has 2 N–H and O–H groups in total. The normalized spacial score (nSPS) is 10.6.